The van der Waals surface area contributed by atoms with E-state index >= 15 is 0 Å². The summed E-state index contributed by atoms with van der Waals surface area (Å²) < 4.78 is 46.4. The molecule has 3 N–H and O–H groups in total. The number of ether oxygens (including phenoxy) is 1. The third-order valence-corrected chi connectivity index (χ3v) is 5.00. The molecule has 2 aromatic heterocycles. The van der Waals surface area contributed by atoms with Crippen LogP contribution in [0, 0.1) is 5.53 Å². The summed E-state index contributed by atoms with van der Waals surface area (Å²) in [6.07, 6.45) is 0.557. The first-order chi connectivity index (χ1) is 15.4. The predicted octanol–water partition coefficient (Wildman–Crippen LogP) is 4.28. The summed E-state index contributed by atoms with van der Waals surface area (Å²) in [5.74, 6) is 0.143. The summed E-state index contributed by atoms with van der Waals surface area (Å²) in [6, 6.07) is 6.13. The normalized spacial score (nSPS) is 15.9. The van der Waals surface area contributed by atoms with E-state index in [1.54, 1.807) is 46.9 Å². The van der Waals surface area contributed by atoms with Gasteiger partial charge in [-0.2, -0.15) is 10.1 Å². The molecule has 12 heteroatoms. The van der Waals surface area contributed by atoms with Gasteiger partial charge in [0.2, 0.25) is 11.8 Å². The number of hydrogen-bond acceptors (Lipinski definition) is 8. The molecular weight excluding hydrogens is 425 g/mol. The zero-order valence-corrected chi connectivity index (χ0v) is 17.3. The van der Waals surface area contributed by atoms with Crippen LogP contribution in [0.15, 0.2) is 47.6 Å². The zero-order valence-electron chi connectivity index (χ0n) is 17.3. The molecule has 0 unspecified atom stereocenters. The highest BCUT2D eigenvalue weighted by Crippen LogP contribution is 2.36. The second-order valence-electron chi connectivity index (χ2n) is 7.23. The molecule has 3 aromatic rings. The fraction of sp³-hybridized carbons (Fsp3) is 0.300. The van der Waals surface area contributed by atoms with Crippen molar-refractivity contribution in [3.05, 3.63) is 42.5 Å². The van der Waals surface area contributed by atoms with E-state index in [4.69, 9.17) is 10.3 Å². The smallest absolute Gasteiger partial charge is 0.255 e. The van der Waals surface area contributed by atoms with Crippen LogP contribution in [0.2, 0.25) is 0 Å². The van der Waals surface area contributed by atoms with E-state index < -0.39 is 19.0 Å². The lowest BCUT2D eigenvalue weighted by Crippen LogP contribution is -2.27. The first kappa shape index (κ1) is 21.4. The molecule has 1 aliphatic rings. The molecular formula is C20H21F3N8O. The maximum Gasteiger partial charge on any atom is 0.255 e. The number of methoxy groups -OCH3 is 1. The summed E-state index contributed by atoms with van der Waals surface area (Å²) in [5, 5.41) is 13.4. The number of anilines is 2. The number of rotatable bonds is 8. The lowest BCUT2D eigenvalue weighted by Gasteiger charge is -2.15. The third kappa shape index (κ3) is 4.15. The topological polar surface area (TPSA) is 103 Å². The quantitative estimate of drug-likeness (QED) is 0.447. The summed E-state index contributed by atoms with van der Waals surface area (Å²) in [7, 11) is 3.23. The van der Waals surface area contributed by atoms with Crippen LogP contribution in [0.4, 0.5) is 30.5 Å². The molecule has 0 spiro atoms. The van der Waals surface area contributed by atoms with Crippen molar-refractivity contribution in [3.63, 3.8) is 0 Å². The molecule has 4 rings (SSSR count). The first-order valence-electron chi connectivity index (χ1n) is 9.71. The number of halogens is 3. The van der Waals surface area contributed by atoms with Gasteiger partial charge in [0.05, 0.1) is 25.4 Å². The van der Waals surface area contributed by atoms with Gasteiger partial charge in [-0.05, 0) is 23.8 Å². The first-order valence-corrected chi connectivity index (χ1v) is 9.71. The minimum absolute atomic E-state index is 0.197. The predicted molar refractivity (Wildman–Crippen MR) is 114 cm³/mol. The molecule has 0 saturated carbocycles. The van der Waals surface area contributed by atoms with Gasteiger partial charge in [-0.25, -0.2) is 23.2 Å². The maximum absolute atomic E-state index is 14.0. The minimum atomic E-state index is -2.55. The molecule has 1 aliphatic heterocycles. The van der Waals surface area contributed by atoms with Gasteiger partial charge in [-0.15, -0.1) is 5.10 Å². The van der Waals surface area contributed by atoms with Gasteiger partial charge >= 0.3 is 0 Å². The summed E-state index contributed by atoms with van der Waals surface area (Å²) >= 11 is 0. The number of likely N-dealkylation sites (N-methyl/N-ethyl adjacent to an activating group) is 1. The fourth-order valence-electron chi connectivity index (χ4n) is 3.56. The Morgan fingerprint density at radius 2 is 2.16 bits per heavy atom. The van der Waals surface area contributed by atoms with Crippen LogP contribution in [0.1, 0.15) is 0 Å². The lowest BCUT2D eigenvalue weighted by atomic mass is 10.1. The van der Waals surface area contributed by atoms with Gasteiger partial charge in [-0.3, -0.25) is 0 Å². The minimum Gasteiger partial charge on any atom is -0.479 e. The van der Waals surface area contributed by atoms with Crippen LogP contribution >= 0.6 is 0 Å². The summed E-state index contributed by atoms with van der Waals surface area (Å²) in [5.41, 5.74) is 9.73. The standard InChI is InChI=1S/C20H21F3N8O/c1-30-9-13(21)16(10-30)26-20-27-19(32-2)18-12(5-6-31(18)29-20)11-3-4-14(28-24)15(7-11)25-8-17(22)23/h3-7,9,16-17,24-25H,8,10H2,1-2H3,(H,26,29)/t16-/m1/s1. The molecule has 0 fully saturated rings. The van der Waals surface area contributed by atoms with E-state index in [1.165, 1.54) is 13.3 Å². The molecule has 1 aromatic carbocycles. The highest BCUT2D eigenvalue weighted by molar-refractivity contribution is 5.87. The van der Waals surface area contributed by atoms with E-state index in [-0.39, 0.29) is 23.3 Å². The fourth-order valence-corrected chi connectivity index (χ4v) is 3.56. The van der Waals surface area contributed by atoms with E-state index in [0.717, 1.165) is 0 Å². The molecule has 32 heavy (non-hydrogen) atoms. The molecule has 3 heterocycles. The van der Waals surface area contributed by atoms with Gasteiger partial charge < -0.3 is 20.3 Å². The average molecular weight is 446 g/mol. The Hall–Kier alpha value is -3.83. The van der Waals surface area contributed by atoms with Crippen molar-refractivity contribution in [1.29, 1.82) is 5.53 Å². The average Bonchev–Trinajstić information content (AvgIpc) is 3.33. The molecule has 0 saturated heterocycles. The van der Waals surface area contributed by atoms with Gasteiger partial charge in [0.1, 0.15) is 17.0 Å². The molecule has 0 aliphatic carbocycles. The van der Waals surface area contributed by atoms with Crippen molar-refractivity contribution in [2.24, 2.45) is 5.11 Å². The number of nitrogens with zero attached hydrogens (tertiary/aromatic N) is 5. The Balaban J connectivity index is 1.71. The Morgan fingerprint density at radius 1 is 1.34 bits per heavy atom. The maximum atomic E-state index is 14.0. The molecule has 0 bridgehead atoms. The van der Waals surface area contributed by atoms with Gasteiger partial charge in [0.25, 0.3) is 6.43 Å². The number of nitrogens with one attached hydrogen (secondary N) is 3. The third-order valence-electron chi connectivity index (χ3n) is 5.00. The van der Waals surface area contributed by atoms with Crippen LogP contribution in [0.3, 0.4) is 0 Å². The van der Waals surface area contributed by atoms with E-state index in [2.05, 4.69) is 25.8 Å². The highest BCUT2D eigenvalue weighted by Gasteiger charge is 2.24. The Kier molecular flexibility index (Phi) is 5.84. The largest absolute Gasteiger partial charge is 0.479 e. The second-order valence-corrected chi connectivity index (χ2v) is 7.23. The van der Waals surface area contributed by atoms with Crippen LogP contribution in [-0.4, -0.2) is 59.2 Å². The monoisotopic (exact) mass is 446 g/mol. The number of fused-ring (bicyclic) bond motifs is 1. The second kappa shape index (κ2) is 8.73. The van der Waals surface area contributed by atoms with Crippen molar-refractivity contribution in [1.82, 2.24) is 19.5 Å². The molecule has 1 atom stereocenters. The number of aromatic nitrogens is 3. The summed E-state index contributed by atoms with van der Waals surface area (Å²) in [6.45, 7) is -0.125. The van der Waals surface area contributed by atoms with Crippen molar-refractivity contribution >= 4 is 22.8 Å². The highest BCUT2D eigenvalue weighted by atomic mass is 19.3. The Labute approximate surface area is 181 Å². The number of alkyl halides is 2. The van der Waals surface area contributed by atoms with Crippen molar-refractivity contribution in [3.8, 4) is 17.0 Å². The van der Waals surface area contributed by atoms with Crippen molar-refractivity contribution < 1.29 is 17.9 Å². The Morgan fingerprint density at radius 3 is 2.81 bits per heavy atom. The Bertz CT molecular complexity index is 1180. The number of benzene rings is 1. The SMILES string of the molecule is COc1nc(N[C@@H]2CN(C)C=C2F)nn2ccc(-c3ccc(N=N)c(NCC(F)F)c3)c12. The summed E-state index contributed by atoms with van der Waals surface area (Å²) in [4.78, 5) is 6.10. The van der Waals surface area contributed by atoms with Crippen LogP contribution in [0.5, 0.6) is 5.88 Å². The van der Waals surface area contributed by atoms with Gasteiger partial charge in [-0.1, -0.05) is 6.07 Å². The lowest BCUT2D eigenvalue weighted by molar-refractivity contribution is 0.163. The van der Waals surface area contributed by atoms with E-state index in [9.17, 15) is 13.2 Å². The molecule has 9 nitrogen and oxygen atoms in total. The molecule has 0 amide bonds. The number of hydrogen-bond donors (Lipinski definition) is 3. The van der Waals surface area contributed by atoms with Crippen molar-refractivity contribution in [2.75, 3.05) is 37.9 Å². The van der Waals surface area contributed by atoms with Crippen LogP contribution in [-0.2, 0) is 0 Å². The molecule has 168 valence electrons. The van der Waals surface area contributed by atoms with Gasteiger partial charge in [0, 0.05) is 31.6 Å². The van der Waals surface area contributed by atoms with Crippen molar-refractivity contribution in [2.45, 2.75) is 12.5 Å². The van der Waals surface area contributed by atoms with Crippen LogP contribution < -0.4 is 15.4 Å². The zero-order chi connectivity index (χ0) is 22.8. The van der Waals surface area contributed by atoms with E-state index in [0.29, 0.717) is 28.9 Å². The molecule has 0 radical (unpaired) electrons. The van der Waals surface area contributed by atoms with Crippen LogP contribution in [0.25, 0.3) is 16.6 Å². The van der Waals surface area contributed by atoms with E-state index in [1.807, 2.05) is 0 Å². The van der Waals surface area contributed by atoms with Gasteiger partial charge in [0.15, 0.2) is 0 Å².